The van der Waals surface area contributed by atoms with Gasteiger partial charge in [0.1, 0.15) is 5.69 Å². The summed E-state index contributed by atoms with van der Waals surface area (Å²) in [5, 5.41) is 11.7. The average Bonchev–Trinajstić information content (AvgIpc) is 3.13. The highest BCUT2D eigenvalue weighted by atomic mass is 79.9. The maximum Gasteiger partial charge on any atom is 0.293 e. The number of methoxy groups -OCH3 is 1. The summed E-state index contributed by atoms with van der Waals surface area (Å²) >= 11 is 4.85. The zero-order chi connectivity index (χ0) is 22.7. The Bertz CT molecular complexity index is 1230. The van der Waals surface area contributed by atoms with E-state index in [0.29, 0.717) is 49.9 Å². The molecule has 11 heteroatoms. The van der Waals surface area contributed by atoms with Crippen molar-refractivity contribution in [2.45, 2.75) is 6.54 Å². The van der Waals surface area contributed by atoms with E-state index in [9.17, 15) is 14.9 Å². The van der Waals surface area contributed by atoms with E-state index in [0.717, 1.165) is 14.7 Å². The van der Waals surface area contributed by atoms with Crippen LogP contribution in [0.25, 0.3) is 10.2 Å². The highest BCUT2D eigenvalue weighted by Gasteiger charge is 2.23. The SMILES string of the molecule is COCCn1c(=NC(=O)c2ccc(N3CCOCC3)c([N+](=O)[O-])c2)sc2cc(Br)ccc21. The van der Waals surface area contributed by atoms with Crippen molar-refractivity contribution >= 4 is 54.8 Å². The predicted molar refractivity (Wildman–Crippen MR) is 125 cm³/mol. The van der Waals surface area contributed by atoms with Gasteiger partial charge in [-0.2, -0.15) is 4.99 Å². The van der Waals surface area contributed by atoms with Gasteiger partial charge < -0.3 is 18.9 Å². The molecule has 0 radical (unpaired) electrons. The number of nitro benzene ring substituents is 1. The third-order valence-corrected chi connectivity index (χ3v) is 6.67. The zero-order valence-electron chi connectivity index (χ0n) is 17.3. The van der Waals surface area contributed by atoms with E-state index >= 15 is 0 Å². The van der Waals surface area contributed by atoms with E-state index < -0.39 is 10.8 Å². The number of hydrogen-bond donors (Lipinski definition) is 0. The molecule has 1 fully saturated rings. The van der Waals surface area contributed by atoms with Gasteiger partial charge in [0.2, 0.25) is 0 Å². The van der Waals surface area contributed by atoms with Crippen LogP contribution in [0.15, 0.2) is 45.9 Å². The molecule has 0 unspecified atom stereocenters. The number of ether oxygens (including phenoxy) is 2. The molecule has 3 aromatic rings. The minimum Gasteiger partial charge on any atom is -0.383 e. The first kappa shape index (κ1) is 22.6. The van der Waals surface area contributed by atoms with Gasteiger partial charge in [0.25, 0.3) is 11.6 Å². The fourth-order valence-corrected chi connectivity index (χ4v) is 5.16. The molecule has 0 saturated carbocycles. The zero-order valence-corrected chi connectivity index (χ0v) is 19.7. The number of aromatic nitrogens is 1. The fourth-order valence-electron chi connectivity index (χ4n) is 3.56. The van der Waals surface area contributed by atoms with Crippen LogP contribution in [0.3, 0.4) is 0 Å². The minimum atomic E-state index is -0.529. The molecule has 0 atom stereocenters. The lowest BCUT2D eigenvalue weighted by Gasteiger charge is -2.28. The second-order valence-electron chi connectivity index (χ2n) is 7.12. The van der Waals surface area contributed by atoms with Crippen molar-refractivity contribution in [3.05, 3.63) is 61.4 Å². The minimum absolute atomic E-state index is 0.111. The van der Waals surface area contributed by atoms with Crippen LogP contribution in [0, 0.1) is 10.1 Å². The molecule has 0 aliphatic carbocycles. The number of benzene rings is 2. The molecular formula is C21H21BrN4O5S. The molecule has 0 bridgehead atoms. The van der Waals surface area contributed by atoms with Crippen molar-refractivity contribution in [3.8, 4) is 0 Å². The van der Waals surface area contributed by atoms with Crippen LogP contribution in [0.2, 0.25) is 0 Å². The number of halogens is 1. The molecule has 2 aromatic carbocycles. The first-order chi connectivity index (χ1) is 15.5. The Balaban J connectivity index is 1.73. The summed E-state index contributed by atoms with van der Waals surface area (Å²) in [5.74, 6) is -0.529. The van der Waals surface area contributed by atoms with Crippen LogP contribution in [0.5, 0.6) is 0 Å². The van der Waals surface area contributed by atoms with Crippen molar-refractivity contribution in [1.29, 1.82) is 0 Å². The monoisotopic (exact) mass is 520 g/mol. The fraction of sp³-hybridized carbons (Fsp3) is 0.333. The van der Waals surface area contributed by atoms with Crippen LogP contribution < -0.4 is 9.70 Å². The number of thiazole rings is 1. The van der Waals surface area contributed by atoms with E-state index in [-0.39, 0.29) is 11.3 Å². The Hall–Kier alpha value is -2.60. The van der Waals surface area contributed by atoms with E-state index in [2.05, 4.69) is 20.9 Å². The summed E-state index contributed by atoms with van der Waals surface area (Å²) in [6, 6.07) is 10.4. The normalized spacial score (nSPS) is 14.8. The topological polar surface area (TPSA) is 99.2 Å². The summed E-state index contributed by atoms with van der Waals surface area (Å²) in [6.07, 6.45) is 0. The third-order valence-electron chi connectivity index (χ3n) is 5.13. The highest BCUT2D eigenvalue weighted by Crippen LogP contribution is 2.30. The summed E-state index contributed by atoms with van der Waals surface area (Å²) in [6.45, 7) is 3.14. The number of amides is 1. The van der Waals surface area contributed by atoms with Crippen molar-refractivity contribution in [1.82, 2.24) is 4.57 Å². The number of anilines is 1. The van der Waals surface area contributed by atoms with Crippen LogP contribution in [-0.2, 0) is 16.0 Å². The summed E-state index contributed by atoms with van der Waals surface area (Å²) in [5.41, 5.74) is 1.48. The highest BCUT2D eigenvalue weighted by molar-refractivity contribution is 9.10. The first-order valence-electron chi connectivity index (χ1n) is 9.96. The Labute approximate surface area is 196 Å². The molecule has 0 spiro atoms. The Morgan fingerprint density at radius 3 is 2.78 bits per heavy atom. The molecule has 1 amide bonds. The van der Waals surface area contributed by atoms with Gasteiger partial charge >= 0.3 is 0 Å². The second kappa shape index (κ2) is 9.90. The van der Waals surface area contributed by atoms with Crippen LogP contribution in [0.4, 0.5) is 11.4 Å². The number of nitro groups is 1. The van der Waals surface area contributed by atoms with Gasteiger partial charge in [-0.1, -0.05) is 27.3 Å². The predicted octanol–water partition coefficient (Wildman–Crippen LogP) is 3.60. The number of nitrogens with zero attached hydrogens (tertiary/aromatic N) is 4. The molecule has 2 heterocycles. The van der Waals surface area contributed by atoms with Crippen LogP contribution in [0.1, 0.15) is 10.4 Å². The van der Waals surface area contributed by atoms with Crippen molar-refractivity contribution in [3.63, 3.8) is 0 Å². The second-order valence-corrected chi connectivity index (χ2v) is 9.04. The van der Waals surface area contributed by atoms with Crippen molar-refractivity contribution in [2.24, 2.45) is 4.99 Å². The third kappa shape index (κ3) is 4.75. The standard InChI is InChI=1S/C21H21BrN4O5S/c1-30-9-8-25-17-5-3-15(22)13-19(17)32-21(25)23-20(27)14-2-4-16(18(12-14)26(28)29)24-6-10-31-11-7-24/h2-5,12-13H,6-11H2,1H3. The van der Waals surface area contributed by atoms with Gasteiger partial charge in [-0.25, -0.2) is 0 Å². The molecular weight excluding hydrogens is 500 g/mol. The van der Waals surface area contributed by atoms with Gasteiger partial charge in [0.15, 0.2) is 4.80 Å². The molecule has 4 rings (SSSR count). The molecule has 168 valence electrons. The summed E-state index contributed by atoms with van der Waals surface area (Å²) < 4.78 is 14.3. The molecule has 9 nitrogen and oxygen atoms in total. The van der Waals surface area contributed by atoms with Crippen LogP contribution >= 0.6 is 27.3 Å². The van der Waals surface area contributed by atoms with Gasteiger partial charge in [-0.3, -0.25) is 14.9 Å². The molecule has 1 aliphatic rings. The number of fused-ring (bicyclic) bond motifs is 1. The largest absolute Gasteiger partial charge is 0.383 e. The molecule has 1 saturated heterocycles. The van der Waals surface area contributed by atoms with Gasteiger partial charge in [-0.05, 0) is 30.3 Å². The van der Waals surface area contributed by atoms with Crippen molar-refractivity contribution in [2.75, 3.05) is 44.9 Å². The van der Waals surface area contributed by atoms with Gasteiger partial charge in [0, 0.05) is 42.8 Å². The summed E-state index contributed by atoms with van der Waals surface area (Å²) in [4.78, 5) is 30.9. The van der Waals surface area contributed by atoms with E-state index in [1.165, 1.54) is 17.4 Å². The van der Waals surface area contributed by atoms with E-state index in [4.69, 9.17) is 9.47 Å². The number of rotatable bonds is 6. The lowest BCUT2D eigenvalue weighted by atomic mass is 10.1. The number of morpholine rings is 1. The average molecular weight is 521 g/mol. The Morgan fingerprint density at radius 1 is 1.28 bits per heavy atom. The maximum absolute atomic E-state index is 13.0. The first-order valence-corrected chi connectivity index (χ1v) is 11.6. The Morgan fingerprint density at radius 2 is 2.06 bits per heavy atom. The van der Waals surface area contributed by atoms with Crippen LogP contribution in [-0.4, -0.2) is 55.4 Å². The van der Waals surface area contributed by atoms with E-state index in [1.54, 1.807) is 19.2 Å². The smallest absolute Gasteiger partial charge is 0.293 e. The maximum atomic E-state index is 13.0. The quantitative estimate of drug-likeness (QED) is 0.363. The lowest BCUT2D eigenvalue weighted by Crippen LogP contribution is -2.36. The lowest BCUT2D eigenvalue weighted by molar-refractivity contribution is -0.384. The molecule has 1 aromatic heterocycles. The summed E-state index contributed by atoms with van der Waals surface area (Å²) in [7, 11) is 1.61. The van der Waals surface area contributed by atoms with Gasteiger partial charge in [-0.15, -0.1) is 0 Å². The number of carbonyl (C=O) groups excluding carboxylic acids is 1. The number of hydrogen-bond acceptors (Lipinski definition) is 7. The molecule has 0 N–H and O–H groups in total. The Kier molecular flexibility index (Phi) is 6.99. The van der Waals surface area contributed by atoms with E-state index in [1.807, 2.05) is 27.7 Å². The van der Waals surface area contributed by atoms with Crippen molar-refractivity contribution < 1.29 is 19.2 Å². The van der Waals surface area contributed by atoms with Gasteiger partial charge in [0.05, 0.1) is 35.0 Å². The molecule has 32 heavy (non-hydrogen) atoms. The molecule has 1 aliphatic heterocycles. The number of carbonyl (C=O) groups is 1.